The van der Waals surface area contributed by atoms with Crippen molar-refractivity contribution in [1.82, 2.24) is 5.32 Å². The van der Waals surface area contributed by atoms with Gasteiger partial charge in [-0.3, -0.25) is 0 Å². The summed E-state index contributed by atoms with van der Waals surface area (Å²) in [7, 11) is 1.78. The third-order valence-electron chi connectivity index (χ3n) is 3.60. The predicted octanol–water partition coefficient (Wildman–Crippen LogP) is 2.97. The van der Waals surface area contributed by atoms with Crippen molar-refractivity contribution in [1.29, 1.82) is 0 Å². The summed E-state index contributed by atoms with van der Waals surface area (Å²) >= 11 is 0. The summed E-state index contributed by atoms with van der Waals surface area (Å²) in [5, 5.41) is 3.66. The van der Waals surface area contributed by atoms with E-state index in [0.717, 1.165) is 18.6 Å². The van der Waals surface area contributed by atoms with Crippen molar-refractivity contribution < 1.29 is 4.74 Å². The maximum atomic E-state index is 5.03. The van der Waals surface area contributed by atoms with Crippen LogP contribution in [0.3, 0.4) is 0 Å². The monoisotopic (exact) mass is 213 g/mol. The Balaban J connectivity index is 1.90. The number of unbranched alkanes of at least 4 members (excludes halogenated alkanes) is 2. The minimum atomic E-state index is 0.731. The van der Waals surface area contributed by atoms with Crippen molar-refractivity contribution in [2.75, 3.05) is 20.3 Å². The van der Waals surface area contributed by atoms with E-state index >= 15 is 0 Å². The molecular formula is C13H27NO. The van der Waals surface area contributed by atoms with Gasteiger partial charge in [-0.1, -0.05) is 12.8 Å². The third kappa shape index (κ3) is 5.53. The van der Waals surface area contributed by atoms with Gasteiger partial charge in [-0.15, -0.1) is 0 Å². The van der Waals surface area contributed by atoms with Crippen molar-refractivity contribution in [2.24, 2.45) is 5.92 Å². The zero-order valence-corrected chi connectivity index (χ0v) is 10.4. The molecule has 0 amide bonds. The highest BCUT2D eigenvalue weighted by molar-refractivity contribution is 4.76. The van der Waals surface area contributed by atoms with E-state index < -0.39 is 0 Å². The van der Waals surface area contributed by atoms with Crippen molar-refractivity contribution in [3.8, 4) is 0 Å². The maximum Gasteiger partial charge on any atom is 0.0462 e. The molecule has 0 aliphatic heterocycles. The Labute approximate surface area is 94.8 Å². The Bertz CT molecular complexity index is 143. The SMILES string of the molecule is COCCCCCNC(C)C1CCCC1. The van der Waals surface area contributed by atoms with E-state index in [-0.39, 0.29) is 0 Å². The van der Waals surface area contributed by atoms with E-state index in [1.165, 1.54) is 51.5 Å². The van der Waals surface area contributed by atoms with E-state index in [4.69, 9.17) is 4.74 Å². The molecule has 0 bridgehead atoms. The van der Waals surface area contributed by atoms with Gasteiger partial charge in [0.1, 0.15) is 0 Å². The molecule has 2 heteroatoms. The van der Waals surface area contributed by atoms with Crippen LogP contribution in [0.1, 0.15) is 51.9 Å². The molecule has 1 rings (SSSR count). The van der Waals surface area contributed by atoms with Crippen LogP contribution >= 0.6 is 0 Å². The van der Waals surface area contributed by atoms with Crippen LogP contribution in [-0.2, 0) is 4.74 Å². The van der Waals surface area contributed by atoms with Crippen molar-refractivity contribution in [3.05, 3.63) is 0 Å². The first kappa shape index (κ1) is 13.0. The summed E-state index contributed by atoms with van der Waals surface area (Å²) in [6.45, 7) is 4.45. The lowest BCUT2D eigenvalue weighted by atomic mass is 10.00. The minimum Gasteiger partial charge on any atom is -0.385 e. The van der Waals surface area contributed by atoms with E-state index in [1.807, 2.05) is 0 Å². The largest absolute Gasteiger partial charge is 0.385 e. The molecule has 0 aromatic rings. The molecule has 15 heavy (non-hydrogen) atoms. The average molecular weight is 213 g/mol. The average Bonchev–Trinajstić information content (AvgIpc) is 2.76. The van der Waals surface area contributed by atoms with Crippen LogP contribution in [0.4, 0.5) is 0 Å². The van der Waals surface area contributed by atoms with Gasteiger partial charge >= 0.3 is 0 Å². The molecule has 90 valence electrons. The highest BCUT2D eigenvalue weighted by Crippen LogP contribution is 2.27. The second-order valence-electron chi connectivity index (χ2n) is 4.84. The minimum absolute atomic E-state index is 0.731. The van der Waals surface area contributed by atoms with Gasteiger partial charge in [-0.05, 0) is 51.5 Å². The van der Waals surface area contributed by atoms with Crippen molar-refractivity contribution in [3.63, 3.8) is 0 Å². The van der Waals surface area contributed by atoms with Gasteiger partial charge < -0.3 is 10.1 Å². The second-order valence-corrected chi connectivity index (χ2v) is 4.84. The van der Waals surface area contributed by atoms with Gasteiger partial charge in [0.2, 0.25) is 0 Å². The molecule has 1 fully saturated rings. The van der Waals surface area contributed by atoms with Crippen LogP contribution in [-0.4, -0.2) is 26.3 Å². The first-order chi connectivity index (χ1) is 7.34. The Hall–Kier alpha value is -0.0800. The smallest absolute Gasteiger partial charge is 0.0462 e. The second kappa shape index (κ2) is 8.12. The summed E-state index contributed by atoms with van der Waals surface area (Å²) < 4.78 is 5.03. The number of hydrogen-bond acceptors (Lipinski definition) is 2. The molecule has 0 saturated heterocycles. The molecule has 0 aromatic carbocycles. The molecule has 1 atom stereocenters. The van der Waals surface area contributed by atoms with E-state index in [1.54, 1.807) is 7.11 Å². The lowest BCUT2D eigenvalue weighted by Gasteiger charge is -2.20. The molecular weight excluding hydrogens is 186 g/mol. The quantitative estimate of drug-likeness (QED) is 0.626. The number of ether oxygens (including phenoxy) is 1. The molecule has 2 nitrogen and oxygen atoms in total. The molecule has 1 saturated carbocycles. The summed E-state index contributed by atoms with van der Waals surface area (Å²) in [4.78, 5) is 0. The fourth-order valence-corrected chi connectivity index (χ4v) is 2.50. The third-order valence-corrected chi connectivity index (χ3v) is 3.60. The molecule has 1 unspecified atom stereocenters. The predicted molar refractivity (Wildman–Crippen MR) is 65.1 cm³/mol. The topological polar surface area (TPSA) is 21.3 Å². The summed E-state index contributed by atoms with van der Waals surface area (Å²) in [6, 6.07) is 0.731. The lowest BCUT2D eigenvalue weighted by Crippen LogP contribution is -2.32. The van der Waals surface area contributed by atoms with Crippen LogP contribution in [0.25, 0.3) is 0 Å². The number of nitrogens with one attached hydrogen (secondary N) is 1. The fourth-order valence-electron chi connectivity index (χ4n) is 2.50. The van der Waals surface area contributed by atoms with Gasteiger partial charge in [0.05, 0.1) is 0 Å². The standard InChI is InChI=1S/C13H27NO/c1-12(13-8-4-5-9-13)14-10-6-3-7-11-15-2/h12-14H,3-11H2,1-2H3. The number of hydrogen-bond donors (Lipinski definition) is 1. The molecule has 0 spiro atoms. The van der Waals surface area contributed by atoms with Gasteiger partial charge in [-0.2, -0.15) is 0 Å². The van der Waals surface area contributed by atoms with Gasteiger partial charge in [0.15, 0.2) is 0 Å². The summed E-state index contributed by atoms with van der Waals surface area (Å²) in [5.41, 5.74) is 0. The first-order valence-electron chi connectivity index (χ1n) is 6.57. The molecule has 1 N–H and O–H groups in total. The van der Waals surface area contributed by atoms with Crippen LogP contribution in [0.2, 0.25) is 0 Å². The zero-order valence-electron chi connectivity index (χ0n) is 10.4. The highest BCUT2D eigenvalue weighted by atomic mass is 16.5. The van der Waals surface area contributed by atoms with Crippen LogP contribution in [0.5, 0.6) is 0 Å². The zero-order chi connectivity index (χ0) is 10.9. The normalized spacial score (nSPS) is 19.6. The Kier molecular flexibility index (Phi) is 7.03. The fraction of sp³-hybridized carbons (Fsp3) is 1.00. The van der Waals surface area contributed by atoms with Gasteiger partial charge in [0.25, 0.3) is 0 Å². The van der Waals surface area contributed by atoms with Gasteiger partial charge in [0, 0.05) is 19.8 Å². The summed E-state index contributed by atoms with van der Waals surface area (Å²) in [6.07, 6.45) is 9.57. The molecule has 1 aliphatic rings. The Morgan fingerprint density at radius 3 is 2.60 bits per heavy atom. The lowest BCUT2D eigenvalue weighted by molar-refractivity contribution is 0.192. The van der Waals surface area contributed by atoms with Crippen molar-refractivity contribution in [2.45, 2.75) is 57.9 Å². The van der Waals surface area contributed by atoms with Crippen molar-refractivity contribution >= 4 is 0 Å². The summed E-state index contributed by atoms with van der Waals surface area (Å²) in [5.74, 6) is 0.948. The van der Waals surface area contributed by atoms with E-state index in [9.17, 15) is 0 Å². The molecule has 1 aliphatic carbocycles. The Morgan fingerprint density at radius 1 is 1.20 bits per heavy atom. The van der Waals surface area contributed by atoms with E-state index in [2.05, 4.69) is 12.2 Å². The molecule has 0 aromatic heterocycles. The molecule has 0 heterocycles. The maximum absolute atomic E-state index is 5.03. The number of rotatable bonds is 8. The number of methoxy groups -OCH3 is 1. The highest BCUT2D eigenvalue weighted by Gasteiger charge is 2.20. The van der Waals surface area contributed by atoms with Crippen LogP contribution in [0.15, 0.2) is 0 Å². The van der Waals surface area contributed by atoms with Crippen LogP contribution < -0.4 is 5.32 Å². The molecule has 0 radical (unpaired) electrons. The Morgan fingerprint density at radius 2 is 1.93 bits per heavy atom. The van der Waals surface area contributed by atoms with Gasteiger partial charge in [-0.25, -0.2) is 0 Å². The van der Waals surface area contributed by atoms with E-state index in [0.29, 0.717) is 0 Å². The van der Waals surface area contributed by atoms with Crippen LogP contribution in [0, 0.1) is 5.92 Å². The first-order valence-corrected chi connectivity index (χ1v) is 6.57.